The summed E-state index contributed by atoms with van der Waals surface area (Å²) in [6.07, 6.45) is 0. The van der Waals surface area contributed by atoms with E-state index in [0.29, 0.717) is 11.1 Å². The van der Waals surface area contributed by atoms with Crippen LogP contribution in [0.2, 0.25) is 0 Å². The van der Waals surface area contributed by atoms with Gasteiger partial charge in [0.25, 0.3) is 0 Å². The third kappa shape index (κ3) is 4.63. The summed E-state index contributed by atoms with van der Waals surface area (Å²) in [6.45, 7) is 4.24. The van der Waals surface area contributed by atoms with Gasteiger partial charge in [-0.2, -0.15) is 0 Å². The van der Waals surface area contributed by atoms with E-state index in [9.17, 15) is 9.59 Å². The second kappa shape index (κ2) is 9.18. The maximum Gasteiger partial charge on any atom is 0.346 e. The minimum Gasteiger partial charge on any atom is -0.386 e. The fraction of sp³-hybridized carbons (Fsp3) is 0.176. The average molecular weight is 302 g/mol. The lowest BCUT2D eigenvalue weighted by Crippen LogP contribution is -1.96. The molecule has 0 aromatic heterocycles. The number of carbonyl (C=O) groups is 2. The van der Waals surface area contributed by atoms with Crippen LogP contribution < -0.4 is 0 Å². The summed E-state index contributed by atoms with van der Waals surface area (Å²) in [4.78, 5) is 35.7. The molecule has 0 aliphatic carbocycles. The molecule has 0 fully saturated rings. The van der Waals surface area contributed by atoms with Gasteiger partial charge in [0.1, 0.15) is 0 Å². The van der Waals surface area contributed by atoms with Crippen LogP contribution in [0.3, 0.4) is 0 Å². The number of hydrogen-bond acceptors (Lipinski definition) is 5. The van der Waals surface area contributed by atoms with Crippen molar-refractivity contribution in [1.29, 1.82) is 0 Å². The Morgan fingerprint density at radius 1 is 0.682 bits per heavy atom. The Labute approximate surface area is 129 Å². The predicted molar refractivity (Wildman–Crippen MR) is 85.6 cm³/mol. The number of aryl methyl sites for hydroxylation is 2. The first kappa shape index (κ1) is 19.2. The Morgan fingerprint density at radius 2 is 1.00 bits per heavy atom. The molecule has 0 radical (unpaired) electrons. The number of ether oxygens (including phenoxy) is 1. The summed E-state index contributed by atoms with van der Waals surface area (Å²) < 4.78 is 4.35. The summed E-state index contributed by atoms with van der Waals surface area (Å²) in [5, 5.41) is 0. The number of fused-ring (bicyclic) bond motifs is 1. The van der Waals surface area contributed by atoms with Gasteiger partial charge in [0.2, 0.25) is 0 Å². The number of carbonyl (C=O) groups excluding carboxylic acids is 2. The molecule has 1 heterocycles. The molecule has 0 N–H and O–H groups in total. The number of benzene rings is 2. The number of cyclic esters (lactones) is 2. The van der Waals surface area contributed by atoms with Crippen LogP contribution in [0.4, 0.5) is 0 Å². The lowest BCUT2D eigenvalue weighted by Gasteiger charge is -1.93. The van der Waals surface area contributed by atoms with Crippen molar-refractivity contribution in [3.8, 4) is 0 Å². The molecule has 0 saturated carbocycles. The van der Waals surface area contributed by atoms with Crippen molar-refractivity contribution in [2.24, 2.45) is 0 Å². The van der Waals surface area contributed by atoms with Crippen LogP contribution in [-0.2, 0) is 4.74 Å². The van der Waals surface area contributed by atoms with Crippen molar-refractivity contribution in [2.45, 2.75) is 21.3 Å². The molecule has 5 nitrogen and oxygen atoms in total. The SMILES string of the molecule is C.Cc1ccccc1C.O=C1OC(=O)c2ccccc21.O=O. The van der Waals surface area contributed by atoms with E-state index >= 15 is 0 Å². The second-order valence-corrected chi connectivity index (χ2v) is 4.31. The molecule has 1 aliphatic heterocycles. The van der Waals surface area contributed by atoms with Crippen molar-refractivity contribution < 1.29 is 14.3 Å². The van der Waals surface area contributed by atoms with Crippen LogP contribution in [0, 0.1) is 23.8 Å². The topological polar surface area (TPSA) is 77.5 Å². The highest BCUT2D eigenvalue weighted by atomic mass is 16.7. The summed E-state index contributed by atoms with van der Waals surface area (Å²) in [5.74, 6) is -1.10. The Morgan fingerprint density at radius 3 is 1.32 bits per heavy atom. The van der Waals surface area contributed by atoms with Crippen molar-refractivity contribution >= 4 is 11.9 Å². The molecular formula is C17H18O5. The summed E-state index contributed by atoms with van der Waals surface area (Å²) in [7, 11) is 0. The standard InChI is InChI=1S/C8H4O3.C8H10.CH4.O2/c9-7-5-3-1-2-4-6(5)8(10)11-7;1-7-5-3-4-6-8(7)2;;1-2/h1-4H;3-6H,1-2H3;1H4;. The van der Waals surface area contributed by atoms with Crippen molar-refractivity contribution in [2.75, 3.05) is 0 Å². The van der Waals surface area contributed by atoms with E-state index in [-0.39, 0.29) is 7.43 Å². The van der Waals surface area contributed by atoms with Crippen molar-refractivity contribution in [3.63, 3.8) is 0 Å². The number of rotatable bonds is 0. The van der Waals surface area contributed by atoms with E-state index in [1.54, 1.807) is 24.3 Å². The van der Waals surface area contributed by atoms with Gasteiger partial charge in [-0.3, -0.25) is 0 Å². The van der Waals surface area contributed by atoms with Gasteiger partial charge in [-0.15, -0.1) is 0 Å². The highest BCUT2D eigenvalue weighted by Gasteiger charge is 2.28. The molecule has 2 aromatic carbocycles. The number of esters is 2. The summed E-state index contributed by atoms with van der Waals surface area (Å²) in [6, 6.07) is 14.9. The Kier molecular flexibility index (Phi) is 8.00. The summed E-state index contributed by atoms with van der Waals surface area (Å²) in [5.41, 5.74) is 3.45. The molecule has 0 amide bonds. The fourth-order valence-electron chi connectivity index (χ4n) is 1.70. The first-order valence-corrected chi connectivity index (χ1v) is 6.14. The molecule has 116 valence electrons. The molecule has 0 atom stereocenters. The molecule has 3 rings (SSSR count). The van der Waals surface area contributed by atoms with Gasteiger partial charge in [0.05, 0.1) is 11.1 Å². The summed E-state index contributed by atoms with van der Waals surface area (Å²) >= 11 is 0. The molecule has 0 saturated heterocycles. The molecule has 2 aromatic rings. The van der Waals surface area contributed by atoms with Crippen LogP contribution in [0.25, 0.3) is 0 Å². The van der Waals surface area contributed by atoms with Gasteiger partial charge in [0.15, 0.2) is 0 Å². The molecule has 0 unspecified atom stereocenters. The van der Waals surface area contributed by atoms with E-state index in [2.05, 4.69) is 42.8 Å². The minimum absolute atomic E-state index is 0. The van der Waals surface area contributed by atoms with E-state index in [4.69, 9.17) is 9.93 Å². The van der Waals surface area contributed by atoms with Gasteiger partial charge in [0, 0.05) is 9.93 Å². The predicted octanol–water partition coefficient (Wildman–Crippen LogP) is 4.00. The number of hydrogen-bond donors (Lipinski definition) is 0. The van der Waals surface area contributed by atoms with E-state index in [1.165, 1.54) is 11.1 Å². The van der Waals surface area contributed by atoms with Gasteiger partial charge < -0.3 is 4.74 Å². The van der Waals surface area contributed by atoms with Crippen LogP contribution in [0.1, 0.15) is 39.3 Å². The van der Waals surface area contributed by atoms with Gasteiger partial charge in [-0.1, -0.05) is 43.8 Å². The van der Waals surface area contributed by atoms with Crippen LogP contribution in [0.15, 0.2) is 48.5 Å². The third-order valence-electron chi connectivity index (χ3n) is 2.98. The lowest BCUT2D eigenvalue weighted by atomic mass is 10.1. The molecular weight excluding hydrogens is 284 g/mol. The molecule has 0 spiro atoms. The van der Waals surface area contributed by atoms with Crippen molar-refractivity contribution in [1.82, 2.24) is 0 Å². The zero-order valence-corrected chi connectivity index (χ0v) is 11.7. The zero-order valence-electron chi connectivity index (χ0n) is 11.7. The molecule has 0 bridgehead atoms. The monoisotopic (exact) mass is 302 g/mol. The third-order valence-corrected chi connectivity index (χ3v) is 2.98. The Bertz CT molecular complexity index is 595. The van der Waals surface area contributed by atoms with Gasteiger partial charge >= 0.3 is 11.9 Å². The maximum atomic E-state index is 10.8. The van der Waals surface area contributed by atoms with Gasteiger partial charge in [-0.05, 0) is 37.1 Å². The normalized spacial score (nSPS) is 10.8. The molecule has 22 heavy (non-hydrogen) atoms. The highest BCUT2D eigenvalue weighted by molar-refractivity contribution is 6.14. The van der Waals surface area contributed by atoms with Gasteiger partial charge in [-0.25, -0.2) is 9.59 Å². The van der Waals surface area contributed by atoms with E-state index in [1.807, 2.05) is 0 Å². The fourth-order valence-corrected chi connectivity index (χ4v) is 1.70. The first-order valence-electron chi connectivity index (χ1n) is 6.14. The first-order chi connectivity index (χ1) is 10.1. The second-order valence-electron chi connectivity index (χ2n) is 4.31. The van der Waals surface area contributed by atoms with Crippen LogP contribution >= 0.6 is 0 Å². The van der Waals surface area contributed by atoms with E-state index in [0.717, 1.165) is 0 Å². The lowest BCUT2D eigenvalue weighted by molar-refractivity contribution is 0.0444. The largest absolute Gasteiger partial charge is 0.386 e. The molecule has 5 heteroatoms. The Balaban J connectivity index is 0.000000360. The smallest absolute Gasteiger partial charge is 0.346 e. The highest BCUT2D eigenvalue weighted by Crippen LogP contribution is 2.18. The Hall–Kier alpha value is -2.82. The van der Waals surface area contributed by atoms with E-state index < -0.39 is 11.9 Å². The maximum absolute atomic E-state index is 10.8. The quantitative estimate of drug-likeness (QED) is 0.543. The molecule has 1 aliphatic rings. The van der Waals surface area contributed by atoms with Crippen LogP contribution in [0.5, 0.6) is 0 Å². The zero-order chi connectivity index (χ0) is 15.8. The minimum atomic E-state index is -0.550. The average Bonchev–Trinajstić information content (AvgIpc) is 2.81. The van der Waals surface area contributed by atoms with Crippen LogP contribution in [-0.4, -0.2) is 11.9 Å². The van der Waals surface area contributed by atoms with Crippen molar-refractivity contribution in [3.05, 3.63) is 80.7 Å².